The lowest BCUT2D eigenvalue weighted by Crippen LogP contribution is -2.41. The molecule has 1 saturated heterocycles. The SMILES string of the molecule is CC1CC(C)CN(CC(CN)c2cccc(F)c2)C1. The highest BCUT2D eigenvalue weighted by Gasteiger charge is 2.24. The van der Waals surface area contributed by atoms with E-state index in [9.17, 15) is 4.39 Å². The van der Waals surface area contributed by atoms with Crippen LogP contribution in [0.5, 0.6) is 0 Å². The van der Waals surface area contributed by atoms with Crippen LogP contribution in [0.3, 0.4) is 0 Å². The molecule has 0 bridgehead atoms. The Balaban J connectivity index is 2.02. The standard InChI is InChI=1S/C16H25FN2/c1-12-6-13(2)10-19(9-12)11-15(8-18)14-4-3-5-16(17)7-14/h3-5,7,12-13,15H,6,8-11,18H2,1-2H3. The van der Waals surface area contributed by atoms with E-state index in [1.807, 2.05) is 6.07 Å². The van der Waals surface area contributed by atoms with Crippen molar-refractivity contribution >= 4 is 0 Å². The predicted octanol–water partition coefficient (Wildman–Crippen LogP) is 2.85. The Kier molecular flexibility index (Phi) is 4.94. The second-order valence-corrected chi connectivity index (χ2v) is 6.15. The second-order valence-electron chi connectivity index (χ2n) is 6.15. The third kappa shape index (κ3) is 4.02. The van der Waals surface area contributed by atoms with E-state index in [0.717, 1.165) is 37.0 Å². The summed E-state index contributed by atoms with van der Waals surface area (Å²) in [5.41, 5.74) is 6.91. The van der Waals surface area contributed by atoms with E-state index < -0.39 is 0 Å². The zero-order chi connectivity index (χ0) is 13.8. The Morgan fingerprint density at radius 3 is 2.58 bits per heavy atom. The molecule has 106 valence electrons. The van der Waals surface area contributed by atoms with E-state index in [-0.39, 0.29) is 11.7 Å². The zero-order valence-electron chi connectivity index (χ0n) is 12.0. The van der Waals surface area contributed by atoms with Gasteiger partial charge in [0.1, 0.15) is 5.82 Å². The number of piperidine rings is 1. The Morgan fingerprint density at radius 1 is 1.32 bits per heavy atom. The van der Waals surface area contributed by atoms with Gasteiger partial charge in [-0.05, 0) is 36.0 Å². The minimum absolute atomic E-state index is 0.170. The average Bonchev–Trinajstić information content (AvgIpc) is 2.34. The van der Waals surface area contributed by atoms with Crippen LogP contribution in [-0.4, -0.2) is 31.1 Å². The lowest BCUT2D eigenvalue weighted by molar-refractivity contribution is 0.134. The quantitative estimate of drug-likeness (QED) is 0.906. The predicted molar refractivity (Wildman–Crippen MR) is 77.6 cm³/mol. The number of rotatable bonds is 4. The van der Waals surface area contributed by atoms with Gasteiger partial charge in [0, 0.05) is 32.1 Å². The summed E-state index contributed by atoms with van der Waals surface area (Å²) in [6, 6.07) is 6.86. The number of nitrogens with zero attached hydrogens (tertiary/aromatic N) is 1. The Morgan fingerprint density at radius 2 is 2.00 bits per heavy atom. The zero-order valence-corrected chi connectivity index (χ0v) is 12.0. The molecule has 1 aromatic carbocycles. The van der Waals surface area contributed by atoms with Crippen molar-refractivity contribution in [3.8, 4) is 0 Å². The molecule has 19 heavy (non-hydrogen) atoms. The molecule has 1 heterocycles. The van der Waals surface area contributed by atoms with Crippen LogP contribution in [0.1, 0.15) is 31.7 Å². The van der Waals surface area contributed by atoms with Crippen molar-refractivity contribution in [2.24, 2.45) is 17.6 Å². The topological polar surface area (TPSA) is 29.3 Å². The van der Waals surface area contributed by atoms with Gasteiger partial charge in [-0.15, -0.1) is 0 Å². The summed E-state index contributed by atoms with van der Waals surface area (Å²) in [6.45, 7) is 8.40. The largest absolute Gasteiger partial charge is 0.330 e. The van der Waals surface area contributed by atoms with Gasteiger partial charge in [0.25, 0.3) is 0 Å². The lowest BCUT2D eigenvalue weighted by atomic mass is 9.90. The third-order valence-corrected chi connectivity index (χ3v) is 4.03. The Labute approximate surface area is 115 Å². The van der Waals surface area contributed by atoms with Gasteiger partial charge in [0.2, 0.25) is 0 Å². The summed E-state index contributed by atoms with van der Waals surface area (Å²) in [5, 5.41) is 0. The molecule has 1 aliphatic rings. The first-order chi connectivity index (χ1) is 9.08. The average molecular weight is 264 g/mol. The number of hydrogen-bond donors (Lipinski definition) is 1. The van der Waals surface area contributed by atoms with E-state index in [1.54, 1.807) is 12.1 Å². The van der Waals surface area contributed by atoms with Crippen molar-refractivity contribution in [2.45, 2.75) is 26.2 Å². The molecule has 0 aliphatic carbocycles. The van der Waals surface area contributed by atoms with E-state index in [0.29, 0.717) is 6.54 Å². The van der Waals surface area contributed by atoms with Crippen LogP contribution >= 0.6 is 0 Å². The van der Waals surface area contributed by atoms with Crippen LogP contribution in [0, 0.1) is 17.7 Å². The lowest BCUT2D eigenvalue weighted by Gasteiger charge is -2.37. The molecule has 2 rings (SSSR count). The highest BCUT2D eigenvalue weighted by atomic mass is 19.1. The minimum atomic E-state index is -0.170. The molecule has 3 heteroatoms. The molecule has 0 spiro atoms. The maximum Gasteiger partial charge on any atom is 0.123 e. The normalized spacial score (nSPS) is 26.3. The van der Waals surface area contributed by atoms with E-state index in [1.165, 1.54) is 12.5 Å². The van der Waals surface area contributed by atoms with E-state index in [4.69, 9.17) is 5.73 Å². The first kappa shape index (κ1) is 14.5. The van der Waals surface area contributed by atoms with Crippen molar-refractivity contribution in [1.29, 1.82) is 0 Å². The number of likely N-dealkylation sites (tertiary alicyclic amines) is 1. The molecular weight excluding hydrogens is 239 g/mol. The number of benzene rings is 1. The molecule has 1 aliphatic heterocycles. The van der Waals surface area contributed by atoms with Crippen molar-refractivity contribution in [1.82, 2.24) is 4.90 Å². The van der Waals surface area contributed by atoms with Gasteiger partial charge in [-0.25, -0.2) is 4.39 Å². The first-order valence-corrected chi connectivity index (χ1v) is 7.26. The molecule has 0 aromatic heterocycles. The molecule has 2 N–H and O–H groups in total. The Bertz CT molecular complexity index is 397. The van der Waals surface area contributed by atoms with Gasteiger partial charge in [-0.1, -0.05) is 26.0 Å². The van der Waals surface area contributed by atoms with Gasteiger partial charge < -0.3 is 10.6 Å². The summed E-state index contributed by atoms with van der Waals surface area (Å²) < 4.78 is 13.3. The van der Waals surface area contributed by atoms with Gasteiger partial charge in [0.15, 0.2) is 0 Å². The van der Waals surface area contributed by atoms with Gasteiger partial charge in [0.05, 0.1) is 0 Å². The fourth-order valence-electron chi connectivity index (χ4n) is 3.33. The maximum absolute atomic E-state index is 13.3. The van der Waals surface area contributed by atoms with E-state index >= 15 is 0 Å². The van der Waals surface area contributed by atoms with Gasteiger partial charge in [-0.2, -0.15) is 0 Å². The van der Waals surface area contributed by atoms with Crippen LogP contribution in [0.25, 0.3) is 0 Å². The van der Waals surface area contributed by atoms with Crippen LogP contribution < -0.4 is 5.73 Å². The molecule has 0 radical (unpaired) electrons. The summed E-state index contributed by atoms with van der Waals surface area (Å²) in [7, 11) is 0. The van der Waals surface area contributed by atoms with Crippen LogP contribution in [0.2, 0.25) is 0 Å². The second kappa shape index (κ2) is 6.49. The van der Waals surface area contributed by atoms with Gasteiger partial charge in [-0.3, -0.25) is 0 Å². The fraction of sp³-hybridized carbons (Fsp3) is 0.625. The summed E-state index contributed by atoms with van der Waals surface area (Å²) in [5.74, 6) is 1.55. The first-order valence-electron chi connectivity index (χ1n) is 7.26. The molecule has 1 aromatic rings. The molecule has 3 atom stereocenters. The number of hydrogen-bond acceptors (Lipinski definition) is 2. The highest BCUT2D eigenvalue weighted by molar-refractivity contribution is 5.21. The minimum Gasteiger partial charge on any atom is -0.330 e. The molecule has 0 amide bonds. The summed E-state index contributed by atoms with van der Waals surface area (Å²) in [4.78, 5) is 2.49. The highest BCUT2D eigenvalue weighted by Crippen LogP contribution is 2.24. The number of halogens is 1. The molecule has 2 nitrogen and oxygen atoms in total. The third-order valence-electron chi connectivity index (χ3n) is 4.03. The van der Waals surface area contributed by atoms with Crippen LogP contribution in [0.15, 0.2) is 24.3 Å². The Hall–Kier alpha value is -0.930. The van der Waals surface area contributed by atoms with Crippen molar-refractivity contribution in [2.75, 3.05) is 26.2 Å². The van der Waals surface area contributed by atoms with E-state index in [2.05, 4.69) is 18.7 Å². The van der Waals surface area contributed by atoms with Crippen molar-refractivity contribution < 1.29 is 4.39 Å². The molecule has 3 unspecified atom stereocenters. The van der Waals surface area contributed by atoms with Crippen molar-refractivity contribution in [3.63, 3.8) is 0 Å². The van der Waals surface area contributed by atoms with Crippen LogP contribution in [-0.2, 0) is 0 Å². The monoisotopic (exact) mass is 264 g/mol. The summed E-state index contributed by atoms with van der Waals surface area (Å²) >= 11 is 0. The van der Waals surface area contributed by atoms with Crippen molar-refractivity contribution in [3.05, 3.63) is 35.6 Å². The van der Waals surface area contributed by atoms with Gasteiger partial charge >= 0.3 is 0 Å². The molecule has 1 fully saturated rings. The molecule has 0 saturated carbocycles. The summed E-state index contributed by atoms with van der Waals surface area (Å²) in [6.07, 6.45) is 1.31. The number of nitrogens with two attached hydrogens (primary N) is 1. The fourth-order valence-corrected chi connectivity index (χ4v) is 3.33. The van der Waals surface area contributed by atoms with Crippen LogP contribution in [0.4, 0.5) is 4.39 Å². The maximum atomic E-state index is 13.3. The smallest absolute Gasteiger partial charge is 0.123 e. The molecular formula is C16H25FN2.